The molecule has 0 aliphatic rings. The first-order valence-corrected chi connectivity index (χ1v) is 48.7. The molecule has 0 radical (unpaired) electrons. The summed E-state index contributed by atoms with van der Waals surface area (Å²) in [5.74, 6) is 1.02. The van der Waals surface area contributed by atoms with Crippen molar-refractivity contribution in [1.82, 2.24) is 0 Å². The van der Waals surface area contributed by atoms with Gasteiger partial charge in [-0.3, -0.25) is 37.3 Å². The van der Waals surface area contributed by atoms with E-state index >= 15 is 0 Å². The highest BCUT2D eigenvalue weighted by molar-refractivity contribution is 7.47. The highest BCUT2D eigenvalue weighted by atomic mass is 31.2. The molecule has 3 unspecified atom stereocenters. The van der Waals surface area contributed by atoms with E-state index in [1.165, 1.54) is 263 Å². The third kappa shape index (κ3) is 82.1. The number of hydrogen-bond acceptors (Lipinski definition) is 15. The largest absolute Gasteiger partial charge is 0.472 e. The lowest BCUT2D eigenvalue weighted by Crippen LogP contribution is -2.30. The minimum Gasteiger partial charge on any atom is -0.462 e. The van der Waals surface area contributed by atoms with E-state index in [-0.39, 0.29) is 25.7 Å². The number of phosphoric ester groups is 2. The van der Waals surface area contributed by atoms with Crippen LogP contribution >= 0.6 is 15.6 Å². The zero-order chi connectivity index (χ0) is 79.5. The van der Waals surface area contributed by atoms with E-state index in [0.29, 0.717) is 31.6 Å². The fourth-order valence-electron chi connectivity index (χ4n) is 13.8. The number of ether oxygens (including phenoxy) is 4. The van der Waals surface area contributed by atoms with E-state index in [1.54, 1.807) is 0 Å². The molecule has 0 aromatic rings. The highest BCUT2D eigenvalue weighted by Gasteiger charge is 2.31. The number of unbranched alkanes of at least 4 members (excludes halogenated alkanes) is 52. The van der Waals surface area contributed by atoms with Crippen LogP contribution in [0, 0.1) is 23.7 Å². The molecular formula is C89H174O17P2. The van der Waals surface area contributed by atoms with E-state index in [0.717, 1.165) is 114 Å². The van der Waals surface area contributed by atoms with Crippen molar-refractivity contribution < 1.29 is 80.2 Å². The summed E-state index contributed by atoms with van der Waals surface area (Å²) in [6, 6.07) is 0. The smallest absolute Gasteiger partial charge is 0.462 e. The average molecular weight is 1580 g/mol. The van der Waals surface area contributed by atoms with Crippen molar-refractivity contribution in [3.8, 4) is 0 Å². The standard InChI is InChI=1S/C89H174O17P2/c1-79(2)65-57-49-41-35-29-23-17-11-9-10-12-21-27-33-39-45-55-64-72-89(94)106-85(76-100-87(92)70-62-54-48-47-52-60-68-82(7)8)78-104-108(97,98)102-74-83(90)73-101-107(95,96)103-77-84(105-88(93)71-63-56-46-40-34-28-22-16-14-19-25-31-37-43-51-59-67-81(5)6)75-99-86(91)69-61-53-44-38-32-26-20-15-13-18-24-30-36-42-50-58-66-80(3)4/h79-85,90H,9-78H2,1-8H3,(H,95,96)(H,97,98)/t83?,84-,85-/m1/s1. The van der Waals surface area contributed by atoms with Gasteiger partial charge < -0.3 is 33.8 Å². The first-order chi connectivity index (χ1) is 52.1. The predicted octanol–water partition coefficient (Wildman–Crippen LogP) is 27.1. The number of carbonyl (C=O) groups excluding carboxylic acids is 4. The molecule has 0 spiro atoms. The number of esters is 4. The van der Waals surface area contributed by atoms with Crippen LogP contribution in [0.2, 0.25) is 0 Å². The molecule has 0 aliphatic carbocycles. The Labute approximate surface area is 664 Å². The topological polar surface area (TPSA) is 237 Å². The van der Waals surface area contributed by atoms with Gasteiger partial charge >= 0.3 is 39.5 Å². The molecule has 642 valence electrons. The Balaban J connectivity index is 5.19. The number of carbonyl (C=O) groups is 4. The molecule has 0 fully saturated rings. The first-order valence-electron chi connectivity index (χ1n) is 45.7. The van der Waals surface area contributed by atoms with Crippen LogP contribution in [0.5, 0.6) is 0 Å². The molecular weight excluding hydrogens is 1400 g/mol. The summed E-state index contributed by atoms with van der Waals surface area (Å²) < 4.78 is 68.9. The van der Waals surface area contributed by atoms with Gasteiger partial charge in [-0.2, -0.15) is 0 Å². The number of rotatable bonds is 86. The van der Waals surface area contributed by atoms with Gasteiger partial charge in [0, 0.05) is 25.7 Å². The van der Waals surface area contributed by atoms with E-state index in [4.69, 9.17) is 37.0 Å². The predicted molar refractivity (Wildman–Crippen MR) is 446 cm³/mol. The van der Waals surface area contributed by atoms with Crippen LogP contribution in [0.25, 0.3) is 0 Å². The summed E-state index contributed by atoms with van der Waals surface area (Å²) in [5, 5.41) is 10.7. The van der Waals surface area contributed by atoms with Crippen molar-refractivity contribution in [3.05, 3.63) is 0 Å². The second-order valence-corrected chi connectivity index (χ2v) is 36.8. The Hall–Kier alpha value is -1.94. The molecule has 0 aliphatic heterocycles. The van der Waals surface area contributed by atoms with Crippen LogP contribution < -0.4 is 0 Å². The summed E-state index contributed by atoms with van der Waals surface area (Å²) in [7, 11) is -9.93. The van der Waals surface area contributed by atoms with Crippen molar-refractivity contribution in [3.63, 3.8) is 0 Å². The van der Waals surface area contributed by atoms with Gasteiger partial charge in [0.1, 0.15) is 19.3 Å². The SMILES string of the molecule is CC(C)CCCCCCCCCCCCCCCCCCCCC(=O)O[C@H](COC(=O)CCCCCCCCC(C)C)COP(=O)(O)OCC(O)COP(=O)(O)OC[C@@H](COC(=O)CCCCCCCCCCCCCCCCCCC(C)C)OC(=O)CCCCCCCCCCCCCCCCCCC(C)C. The molecule has 17 nitrogen and oxygen atoms in total. The molecule has 3 N–H and O–H groups in total. The maximum absolute atomic E-state index is 13.2. The third-order valence-electron chi connectivity index (χ3n) is 20.8. The number of aliphatic hydroxyl groups is 1. The second kappa shape index (κ2) is 77.6. The molecule has 0 saturated heterocycles. The molecule has 19 heteroatoms. The van der Waals surface area contributed by atoms with Crippen LogP contribution in [-0.4, -0.2) is 96.7 Å². The van der Waals surface area contributed by atoms with E-state index < -0.39 is 97.5 Å². The van der Waals surface area contributed by atoms with Crippen LogP contribution in [0.3, 0.4) is 0 Å². The fraction of sp³-hybridized carbons (Fsp3) is 0.955. The van der Waals surface area contributed by atoms with Crippen LogP contribution in [-0.2, 0) is 65.4 Å². The van der Waals surface area contributed by atoms with Gasteiger partial charge in [-0.15, -0.1) is 0 Å². The van der Waals surface area contributed by atoms with Gasteiger partial charge in [-0.25, -0.2) is 9.13 Å². The van der Waals surface area contributed by atoms with Crippen LogP contribution in [0.15, 0.2) is 0 Å². The second-order valence-electron chi connectivity index (χ2n) is 33.9. The normalized spacial score (nSPS) is 13.9. The summed E-state index contributed by atoms with van der Waals surface area (Å²) in [5.41, 5.74) is 0. The van der Waals surface area contributed by atoms with Crippen LogP contribution in [0.1, 0.15) is 466 Å². The lowest BCUT2D eigenvalue weighted by atomic mass is 10.0. The van der Waals surface area contributed by atoms with Crippen molar-refractivity contribution in [2.75, 3.05) is 39.6 Å². The molecule has 0 bridgehead atoms. The maximum atomic E-state index is 13.2. The zero-order valence-corrected chi connectivity index (χ0v) is 73.3. The van der Waals surface area contributed by atoms with Gasteiger partial charge in [0.15, 0.2) is 12.2 Å². The van der Waals surface area contributed by atoms with Crippen molar-refractivity contribution >= 4 is 39.5 Å². The Morgan fingerprint density at radius 2 is 0.389 bits per heavy atom. The third-order valence-corrected chi connectivity index (χ3v) is 22.7. The van der Waals surface area contributed by atoms with E-state index in [1.807, 2.05) is 0 Å². The molecule has 0 aromatic heterocycles. The molecule has 0 amide bonds. The molecule has 108 heavy (non-hydrogen) atoms. The van der Waals surface area contributed by atoms with Gasteiger partial charge in [0.2, 0.25) is 0 Å². The zero-order valence-electron chi connectivity index (χ0n) is 71.5. The van der Waals surface area contributed by atoms with Crippen molar-refractivity contribution in [2.24, 2.45) is 23.7 Å². The quantitative estimate of drug-likeness (QED) is 0.0222. The van der Waals surface area contributed by atoms with Gasteiger partial charge in [0.25, 0.3) is 0 Å². The van der Waals surface area contributed by atoms with Gasteiger partial charge in [0.05, 0.1) is 26.4 Å². The molecule has 0 heterocycles. The minimum absolute atomic E-state index is 0.107. The Bertz CT molecular complexity index is 2090. The summed E-state index contributed by atoms with van der Waals surface area (Å²) >= 11 is 0. The number of aliphatic hydroxyl groups excluding tert-OH is 1. The van der Waals surface area contributed by atoms with Crippen molar-refractivity contribution in [1.29, 1.82) is 0 Å². The fourth-order valence-corrected chi connectivity index (χ4v) is 15.4. The first kappa shape index (κ1) is 106. The Morgan fingerprint density at radius 1 is 0.231 bits per heavy atom. The summed E-state index contributed by atoms with van der Waals surface area (Å²) in [6.45, 7) is 14.3. The number of hydrogen-bond donors (Lipinski definition) is 3. The molecule has 0 rings (SSSR count). The van der Waals surface area contributed by atoms with E-state index in [2.05, 4.69) is 55.4 Å². The van der Waals surface area contributed by atoms with Gasteiger partial charge in [-0.1, -0.05) is 415 Å². The molecule has 5 atom stereocenters. The lowest BCUT2D eigenvalue weighted by molar-refractivity contribution is -0.161. The monoisotopic (exact) mass is 1580 g/mol. The van der Waals surface area contributed by atoms with Crippen molar-refractivity contribution in [2.45, 2.75) is 485 Å². The maximum Gasteiger partial charge on any atom is 0.472 e. The Kier molecular flexibility index (Phi) is 76.2. The highest BCUT2D eigenvalue weighted by Crippen LogP contribution is 2.45. The number of phosphoric acid groups is 2. The molecule has 0 saturated carbocycles. The Morgan fingerprint density at radius 3 is 0.574 bits per heavy atom. The van der Waals surface area contributed by atoms with Gasteiger partial charge in [-0.05, 0) is 49.4 Å². The summed E-state index contributed by atoms with van der Waals surface area (Å²) in [6.07, 6.45) is 68.3. The van der Waals surface area contributed by atoms with Crippen LogP contribution in [0.4, 0.5) is 0 Å². The minimum atomic E-state index is -4.97. The molecule has 0 aromatic carbocycles. The van der Waals surface area contributed by atoms with E-state index in [9.17, 15) is 43.2 Å². The lowest BCUT2D eigenvalue weighted by Gasteiger charge is -2.21. The average Bonchev–Trinajstić information content (AvgIpc) is 0.872. The summed E-state index contributed by atoms with van der Waals surface area (Å²) in [4.78, 5) is 73.3.